The maximum atomic E-state index is 11.8. The maximum absolute atomic E-state index is 11.8. The maximum Gasteiger partial charge on any atom is 0.226 e. The number of aryl methyl sites for hydroxylation is 1. The Morgan fingerprint density at radius 2 is 2.04 bits per heavy atom. The average Bonchev–Trinajstić information content (AvgIpc) is 3.29. The van der Waals surface area contributed by atoms with Crippen molar-refractivity contribution in [3.63, 3.8) is 0 Å². The van der Waals surface area contributed by atoms with Gasteiger partial charge >= 0.3 is 0 Å². The number of nitrogens with zero attached hydrogens (tertiary/aromatic N) is 2. The Balaban J connectivity index is 1.30. The van der Waals surface area contributed by atoms with Crippen LogP contribution in [-0.4, -0.2) is 22.6 Å². The number of nitrogen functional groups attached to an aromatic ring is 1. The summed E-state index contributed by atoms with van der Waals surface area (Å²) in [4.78, 5) is 16.2. The molecule has 6 nitrogen and oxygen atoms in total. The summed E-state index contributed by atoms with van der Waals surface area (Å²) in [7, 11) is 0. The lowest BCUT2D eigenvalue weighted by molar-refractivity contribution is -0.121. The Morgan fingerprint density at radius 1 is 1.26 bits per heavy atom. The van der Waals surface area contributed by atoms with E-state index in [4.69, 9.17) is 10.3 Å². The largest absolute Gasteiger partial charge is 0.399 e. The van der Waals surface area contributed by atoms with Gasteiger partial charge in [-0.25, -0.2) is 0 Å². The number of aromatic nitrogens is 2. The lowest BCUT2D eigenvalue weighted by Gasteiger charge is -2.05. The molecule has 0 saturated heterocycles. The Kier molecular flexibility index (Phi) is 4.90. The third kappa shape index (κ3) is 4.81. The van der Waals surface area contributed by atoms with Crippen molar-refractivity contribution in [3.05, 3.63) is 41.5 Å². The van der Waals surface area contributed by atoms with E-state index in [2.05, 4.69) is 15.5 Å². The molecule has 0 unspecified atom stereocenters. The molecule has 1 aliphatic carbocycles. The van der Waals surface area contributed by atoms with Gasteiger partial charge in [0.1, 0.15) is 0 Å². The van der Waals surface area contributed by atoms with Crippen molar-refractivity contribution in [2.24, 2.45) is 0 Å². The van der Waals surface area contributed by atoms with Crippen LogP contribution in [0, 0.1) is 0 Å². The second-order valence-corrected chi connectivity index (χ2v) is 6.02. The molecule has 1 aromatic carbocycles. The number of carbonyl (C=O) groups excluding carboxylic acids is 1. The van der Waals surface area contributed by atoms with Gasteiger partial charge in [-0.1, -0.05) is 17.3 Å². The minimum Gasteiger partial charge on any atom is -0.399 e. The average molecular weight is 314 g/mol. The summed E-state index contributed by atoms with van der Waals surface area (Å²) < 4.78 is 5.19. The first-order valence-electron chi connectivity index (χ1n) is 8.14. The van der Waals surface area contributed by atoms with Gasteiger partial charge in [-0.2, -0.15) is 4.98 Å². The van der Waals surface area contributed by atoms with Crippen molar-refractivity contribution < 1.29 is 9.32 Å². The molecule has 6 heteroatoms. The van der Waals surface area contributed by atoms with Crippen LogP contribution >= 0.6 is 0 Å². The zero-order chi connectivity index (χ0) is 16.1. The first kappa shape index (κ1) is 15.5. The summed E-state index contributed by atoms with van der Waals surface area (Å²) >= 11 is 0. The molecule has 0 atom stereocenters. The van der Waals surface area contributed by atoms with Crippen molar-refractivity contribution in [1.82, 2.24) is 15.5 Å². The predicted octanol–water partition coefficient (Wildman–Crippen LogP) is 2.21. The Labute approximate surface area is 135 Å². The fourth-order valence-electron chi connectivity index (χ4n) is 2.40. The summed E-state index contributed by atoms with van der Waals surface area (Å²) in [6.07, 6.45) is 4.99. The molecule has 2 aromatic rings. The van der Waals surface area contributed by atoms with Crippen molar-refractivity contribution in [2.45, 2.75) is 44.4 Å². The van der Waals surface area contributed by atoms with Crippen LogP contribution in [0.2, 0.25) is 0 Å². The number of anilines is 1. The molecule has 1 aliphatic rings. The number of rotatable bonds is 8. The number of carbonyl (C=O) groups is 1. The monoisotopic (exact) mass is 314 g/mol. The van der Waals surface area contributed by atoms with Crippen LogP contribution < -0.4 is 11.1 Å². The van der Waals surface area contributed by atoms with Crippen LogP contribution in [0.1, 0.15) is 48.9 Å². The van der Waals surface area contributed by atoms with Gasteiger partial charge in [0.2, 0.25) is 11.8 Å². The molecule has 1 amide bonds. The molecule has 23 heavy (non-hydrogen) atoms. The first-order chi connectivity index (χ1) is 11.2. The number of hydrogen-bond acceptors (Lipinski definition) is 5. The highest BCUT2D eigenvalue weighted by Crippen LogP contribution is 2.38. The molecule has 3 rings (SSSR count). The van der Waals surface area contributed by atoms with Gasteiger partial charge in [-0.15, -0.1) is 0 Å². The van der Waals surface area contributed by atoms with Crippen molar-refractivity contribution in [3.8, 4) is 0 Å². The van der Waals surface area contributed by atoms with Crippen LogP contribution in [0.15, 0.2) is 28.8 Å². The van der Waals surface area contributed by atoms with Gasteiger partial charge in [0.15, 0.2) is 5.82 Å². The second-order valence-electron chi connectivity index (χ2n) is 6.02. The van der Waals surface area contributed by atoms with E-state index in [9.17, 15) is 4.79 Å². The minimum atomic E-state index is 0.0578. The molecule has 1 aromatic heterocycles. The number of amides is 1. The van der Waals surface area contributed by atoms with Gasteiger partial charge < -0.3 is 15.6 Å². The smallest absolute Gasteiger partial charge is 0.226 e. The van der Waals surface area contributed by atoms with Crippen LogP contribution in [0.3, 0.4) is 0 Å². The number of nitrogens with one attached hydrogen (secondary N) is 1. The minimum absolute atomic E-state index is 0.0578. The summed E-state index contributed by atoms with van der Waals surface area (Å²) in [5.74, 6) is 2.03. The SMILES string of the molecule is Nc1ccc(CCNC(=O)CCCc2nc(C3CC3)no2)cc1. The lowest BCUT2D eigenvalue weighted by atomic mass is 10.1. The fourth-order valence-corrected chi connectivity index (χ4v) is 2.40. The second kappa shape index (κ2) is 7.26. The van der Waals surface area contributed by atoms with E-state index in [1.807, 2.05) is 24.3 Å². The molecule has 1 fully saturated rings. The molecular weight excluding hydrogens is 292 g/mol. The van der Waals surface area contributed by atoms with Crippen LogP contribution in [-0.2, 0) is 17.6 Å². The van der Waals surface area contributed by atoms with Crippen LogP contribution in [0.4, 0.5) is 5.69 Å². The molecule has 3 N–H and O–H groups in total. The standard InChI is InChI=1S/C17H22N4O2/c18-14-8-4-12(5-9-14)10-11-19-15(22)2-1-3-16-20-17(21-23-16)13-6-7-13/h4-5,8-9,13H,1-3,6-7,10-11,18H2,(H,19,22). The number of benzene rings is 1. The molecule has 1 saturated carbocycles. The van der Waals surface area contributed by atoms with E-state index >= 15 is 0 Å². The quantitative estimate of drug-likeness (QED) is 0.729. The van der Waals surface area contributed by atoms with Gasteiger partial charge in [0, 0.05) is 31.0 Å². The third-order valence-electron chi connectivity index (χ3n) is 3.94. The van der Waals surface area contributed by atoms with E-state index in [0.717, 1.165) is 42.8 Å². The molecule has 0 aliphatic heterocycles. The summed E-state index contributed by atoms with van der Waals surface area (Å²) in [6.45, 7) is 0.634. The molecule has 0 radical (unpaired) electrons. The summed E-state index contributed by atoms with van der Waals surface area (Å²) in [5, 5.41) is 6.90. The van der Waals surface area contributed by atoms with Gasteiger partial charge in [-0.3, -0.25) is 4.79 Å². The Hall–Kier alpha value is -2.37. The molecular formula is C17H22N4O2. The van der Waals surface area contributed by atoms with E-state index in [1.54, 1.807) is 0 Å². The Bertz CT molecular complexity index is 647. The Morgan fingerprint density at radius 3 is 2.78 bits per heavy atom. The zero-order valence-corrected chi connectivity index (χ0v) is 13.1. The number of hydrogen-bond donors (Lipinski definition) is 2. The van der Waals surface area contributed by atoms with Crippen molar-refractivity contribution in [1.29, 1.82) is 0 Å². The van der Waals surface area contributed by atoms with Gasteiger partial charge in [0.05, 0.1) is 0 Å². The van der Waals surface area contributed by atoms with Gasteiger partial charge in [0.25, 0.3) is 0 Å². The first-order valence-corrected chi connectivity index (χ1v) is 8.14. The molecule has 1 heterocycles. The van der Waals surface area contributed by atoms with E-state index < -0.39 is 0 Å². The highest BCUT2D eigenvalue weighted by atomic mass is 16.5. The lowest BCUT2D eigenvalue weighted by Crippen LogP contribution is -2.25. The van der Waals surface area contributed by atoms with Crippen molar-refractivity contribution >= 4 is 11.6 Å². The van der Waals surface area contributed by atoms with Crippen LogP contribution in [0.5, 0.6) is 0 Å². The predicted molar refractivity (Wildman–Crippen MR) is 86.8 cm³/mol. The fraction of sp³-hybridized carbons (Fsp3) is 0.471. The van der Waals surface area contributed by atoms with E-state index in [1.165, 1.54) is 0 Å². The molecule has 0 spiro atoms. The zero-order valence-electron chi connectivity index (χ0n) is 13.1. The van der Waals surface area contributed by atoms with Crippen LogP contribution in [0.25, 0.3) is 0 Å². The van der Waals surface area contributed by atoms with E-state index in [-0.39, 0.29) is 5.91 Å². The van der Waals surface area contributed by atoms with Gasteiger partial charge in [-0.05, 0) is 43.4 Å². The summed E-state index contributed by atoms with van der Waals surface area (Å²) in [6, 6.07) is 7.71. The number of nitrogens with two attached hydrogens (primary N) is 1. The van der Waals surface area contributed by atoms with Crippen molar-refractivity contribution in [2.75, 3.05) is 12.3 Å². The highest BCUT2D eigenvalue weighted by Gasteiger charge is 2.28. The molecule has 0 bridgehead atoms. The summed E-state index contributed by atoms with van der Waals surface area (Å²) in [5.41, 5.74) is 7.56. The van der Waals surface area contributed by atoms with E-state index in [0.29, 0.717) is 31.2 Å². The normalized spacial score (nSPS) is 13.9. The molecule has 122 valence electrons. The highest BCUT2D eigenvalue weighted by molar-refractivity contribution is 5.75. The topological polar surface area (TPSA) is 94.0 Å². The third-order valence-corrected chi connectivity index (χ3v) is 3.94.